The number of hydrogen-bond donors (Lipinski definition) is 0. The lowest BCUT2D eigenvalue weighted by Crippen LogP contribution is -2.09. The van der Waals surface area contributed by atoms with E-state index in [1.165, 1.54) is 6.20 Å². The second kappa shape index (κ2) is 4.68. The van der Waals surface area contributed by atoms with Crippen molar-refractivity contribution in [2.75, 3.05) is 0 Å². The van der Waals surface area contributed by atoms with Gasteiger partial charge in [0.25, 0.3) is 12.2 Å². The van der Waals surface area contributed by atoms with Crippen LogP contribution in [0.1, 0.15) is 5.56 Å². The third-order valence-electron chi connectivity index (χ3n) is 1.47. The Hall–Kier alpha value is -0.720. The van der Waals surface area contributed by atoms with Crippen molar-refractivity contribution >= 4 is 11.8 Å². The van der Waals surface area contributed by atoms with E-state index in [-0.39, 0.29) is 16.8 Å². The highest BCUT2D eigenvalue weighted by molar-refractivity contribution is 7.99. The van der Waals surface area contributed by atoms with E-state index >= 15 is 0 Å². The van der Waals surface area contributed by atoms with Crippen molar-refractivity contribution in [1.82, 2.24) is 9.78 Å². The number of halogens is 4. The van der Waals surface area contributed by atoms with E-state index in [9.17, 15) is 17.6 Å². The minimum Gasteiger partial charge on any atom is -0.253 e. The highest BCUT2D eigenvalue weighted by atomic mass is 32.2. The molecule has 0 aliphatic rings. The normalized spacial score (nSPS) is 11.6. The molecule has 0 N–H and O–H groups in total. The summed E-state index contributed by atoms with van der Waals surface area (Å²) >= 11 is 0.234. The Bertz CT molecular complexity index is 300. The number of hydrogen-bond acceptors (Lipinski definition) is 2. The molecule has 0 aliphatic carbocycles. The first kappa shape index (κ1) is 11.4. The predicted octanol–water partition coefficient (Wildman–Crippen LogP) is 2.77. The topological polar surface area (TPSA) is 17.8 Å². The standard InChI is InChI=1S/C7H8F4N2S/c1-4-2-12-13(3-5(8)9)6(4)14-7(10)11/h2,5,7H,3H2,1H3. The fourth-order valence-corrected chi connectivity index (χ4v) is 1.62. The Balaban J connectivity index is 2.82. The van der Waals surface area contributed by atoms with E-state index in [0.29, 0.717) is 5.56 Å². The summed E-state index contributed by atoms with van der Waals surface area (Å²) in [6, 6.07) is 0. The molecule has 0 aromatic carbocycles. The van der Waals surface area contributed by atoms with Crippen LogP contribution in [-0.4, -0.2) is 22.0 Å². The smallest absolute Gasteiger partial charge is 0.253 e. The van der Waals surface area contributed by atoms with Crippen molar-refractivity contribution in [3.05, 3.63) is 11.8 Å². The molecule has 14 heavy (non-hydrogen) atoms. The summed E-state index contributed by atoms with van der Waals surface area (Å²) in [7, 11) is 0. The van der Waals surface area contributed by atoms with Gasteiger partial charge in [-0.1, -0.05) is 0 Å². The van der Waals surface area contributed by atoms with Gasteiger partial charge in [-0.3, -0.25) is 4.68 Å². The van der Waals surface area contributed by atoms with Gasteiger partial charge in [-0.2, -0.15) is 13.9 Å². The summed E-state index contributed by atoms with van der Waals surface area (Å²) in [6.45, 7) is 0.905. The molecule has 80 valence electrons. The lowest BCUT2D eigenvalue weighted by molar-refractivity contribution is 0.118. The van der Waals surface area contributed by atoms with Gasteiger partial charge in [0.1, 0.15) is 11.6 Å². The summed E-state index contributed by atoms with van der Waals surface area (Å²) < 4.78 is 48.9. The molecule has 1 heterocycles. The fourth-order valence-electron chi connectivity index (χ4n) is 0.966. The molecule has 0 bridgehead atoms. The number of rotatable bonds is 4. The number of aryl methyl sites for hydroxylation is 1. The van der Waals surface area contributed by atoms with E-state index in [4.69, 9.17) is 0 Å². The van der Waals surface area contributed by atoms with Crippen molar-refractivity contribution in [3.8, 4) is 0 Å². The Morgan fingerprint density at radius 1 is 1.43 bits per heavy atom. The van der Waals surface area contributed by atoms with Gasteiger partial charge in [0, 0.05) is 5.56 Å². The second-order valence-corrected chi connectivity index (χ2v) is 3.56. The first-order valence-corrected chi connectivity index (χ1v) is 4.64. The molecule has 1 aromatic rings. The van der Waals surface area contributed by atoms with Gasteiger partial charge < -0.3 is 0 Å². The van der Waals surface area contributed by atoms with Crippen molar-refractivity contribution < 1.29 is 17.6 Å². The molecule has 0 saturated carbocycles. The number of thioether (sulfide) groups is 1. The average molecular weight is 228 g/mol. The molecule has 1 aromatic heterocycles. The molecule has 0 atom stereocenters. The molecule has 7 heteroatoms. The highest BCUT2D eigenvalue weighted by Crippen LogP contribution is 2.28. The van der Waals surface area contributed by atoms with Crippen LogP contribution in [0.15, 0.2) is 11.2 Å². The first-order chi connectivity index (χ1) is 6.50. The van der Waals surface area contributed by atoms with Crippen LogP contribution in [-0.2, 0) is 6.54 Å². The number of aromatic nitrogens is 2. The number of nitrogens with zero attached hydrogens (tertiary/aromatic N) is 2. The third kappa shape index (κ3) is 2.90. The van der Waals surface area contributed by atoms with E-state index in [2.05, 4.69) is 5.10 Å². The van der Waals surface area contributed by atoms with Crippen LogP contribution >= 0.6 is 11.8 Å². The highest BCUT2D eigenvalue weighted by Gasteiger charge is 2.16. The summed E-state index contributed by atoms with van der Waals surface area (Å²) in [4.78, 5) is 0. The van der Waals surface area contributed by atoms with E-state index in [1.807, 2.05) is 0 Å². The Morgan fingerprint density at radius 3 is 2.57 bits per heavy atom. The van der Waals surface area contributed by atoms with Crippen LogP contribution in [0.25, 0.3) is 0 Å². The molecule has 0 spiro atoms. The Morgan fingerprint density at radius 2 is 2.07 bits per heavy atom. The maximum atomic E-state index is 12.0. The third-order valence-corrected chi connectivity index (χ3v) is 2.41. The Kier molecular flexibility index (Phi) is 3.79. The van der Waals surface area contributed by atoms with E-state index in [1.54, 1.807) is 6.92 Å². The Labute approximate surface area is 82.3 Å². The van der Waals surface area contributed by atoms with Gasteiger partial charge in [-0.25, -0.2) is 8.78 Å². The van der Waals surface area contributed by atoms with Crippen LogP contribution in [0.2, 0.25) is 0 Å². The molecule has 0 saturated heterocycles. The summed E-state index contributed by atoms with van der Waals surface area (Å²) in [5.74, 6) is -2.62. The average Bonchev–Trinajstić information content (AvgIpc) is 2.34. The summed E-state index contributed by atoms with van der Waals surface area (Å²) in [5.41, 5.74) is 0.482. The zero-order valence-electron chi connectivity index (χ0n) is 7.25. The van der Waals surface area contributed by atoms with E-state index in [0.717, 1.165) is 4.68 Å². The van der Waals surface area contributed by atoms with Gasteiger partial charge in [0.15, 0.2) is 0 Å². The first-order valence-electron chi connectivity index (χ1n) is 3.76. The van der Waals surface area contributed by atoms with Crippen LogP contribution in [0.5, 0.6) is 0 Å². The van der Waals surface area contributed by atoms with Gasteiger partial charge in [-0.15, -0.1) is 0 Å². The predicted molar refractivity (Wildman–Crippen MR) is 44.8 cm³/mol. The van der Waals surface area contributed by atoms with Crippen molar-refractivity contribution in [2.45, 2.75) is 30.7 Å². The molecule has 2 nitrogen and oxygen atoms in total. The minimum atomic E-state index is -2.62. The lowest BCUT2D eigenvalue weighted by Gasteiger charge is -2.06. The van der Waals surface area contributed by atoms with Gasteiger partial charge >= 0.3 is 0 Å². The van der Waals surface area contributed by atoms with Gasteiger partial charge in [0.2, 0.25) is 0 Å². The summed E-state index contributed by atoms with van der Waals surface area (Å²) in [5, 5.41) is 3.69. The molecular weight excluding hydrogens is 220 g/mol. The molecule has 1 rings (SSSR count). The maximum Gasteiger partial charge on any atom is 0.290 e. The van der Waals surface area contributed by atoms with E-state index < -0.39 is 18.7 Å². The maximum absolute atomic E-state index is 12.0. The molecule has 0 amide bonds. The molecule has 0 fully saturated rings. The zero-order valence-corrected chi connectivity index (χ0v) is 8.07. The summed E-state index contributed by atoms with van der Waals surface area (Å²) in [6.07, 6.45) is -1.29. The van der Waals surface area contributed by atoms with Crippen molar-refractivity contribution in [1.29, 1.82) is 0 Å². The van der Waals surface area contributed by atoms with Crippen LogP contribution in [0.4, 0.5) is 17.6 Å². The van der Waals surface area contributed by atoms with Crippen molar-refractivity contribution in [2.24, 2.45) is 0 Å². The quantitative estimate of drug-likeness (QED) is 0.582. The second-order valence-electron chi connectivity index (χ2n) is 2.58. The minimum absolute atomic E-state index is 0.0975. The van der Waals surface area contributed by atoms with Gasteiger partial charge in [0.05, 0.1) is 6.20 Å². The SMILES string of the molecule is Cc1cnn(CC(F)F)c1SC(F)F. The largest absolute Gasteiger partial charge is 0.290 e. The molecule has 0 aliphatic heterocycles. The molecular formula is C7H8F4N2S. The van der Waals surface area contributed by atoms with Crippen LogP contribution in [0.3, 0.4) is 0 Å². The molecule has 0 radical (unpaired) electrons. The van der Waals surface area contributed by atoms with Crippen molar-refractivity contribution in [3.63, 3.8) is 0 Å². The zero-order chi connectivity index (χ0) is 10.7. The van der Waals surface area contributed by atoms with Crippen LogP contribution < -0.4 is 0 Å². The van der Waals surface area contributed by atoms with Crippen LogP contribution in [0, 0.1) is 6.92 Å². The molecule has 0 unspecified atom stereocenters. The number of alkyl halides is 4. The fraction of sp³-hybridized carbons (Fsp3) is 0.571. The van der Waals surface area contributed by atoms with Gasteiger partial charge in [-0.05, 0) is 18.7 Å². The monoisotopic (exact) mass is 228 g/mol. The lowest BCUT2D eigenvalue weighted by atomic mass is 10.4.